The third-order valence-corrected chi connectivity index (χ3v) is 6.64. The van der Waals surface area contributed by atoms with Crippen LogP contribution in [0.5, 0.6) is 0 Å². The number of carbonyl (C=O) groups is 3. The molecule has 1 fully saturated rings. The van der Waals surface area contributed by atoms with Gasteiger partial charge in [0.05, 0.1) is 29.3 Å². The number of aromatic nitrogens is 1. The standard InChI is InChI=1S/C24H26N4O3S/c1-3-11-26(12-4-2)22(29)17-7-6-13-27(15-17)19-9-5-8-18-21(19)24(31)28(23(18)30)16-20-25-10-14-32-20/h3-5,8-10,14,17H,1-2,6-7,11-13,15-16H2/t17-/m1/s1. The lowest BCUT2D eigenvalue weighted by Gasteiger charge is -2.36. The van der Waals surface area contributed by atoms with Gasteiger partial charge in [-0.25, -0.2) is 4.98 Å². The van der Waals surface area contributed by atoms with E-state index in [0.717, 1.165) is 25.1 Å². The lowest BCUT2D eigenvalue weighted by Crippen LogP contribution is -2.45. The third-order valence-electron chi connectivity index (χ3n) is 5.88. The largest absolute Gasteiger partial charge is 0.370 e. The van der Waals surface area contributed by atoms with Crippen molar-refractivity contribution in [2.75, 3.05) is 31.1 Å². The molecule has 7 nitrogen and oxygen atoms in total. The number of carbonyl (C=O) groups excluding carboxylic acids is 3. The van der Waals surface area contributed by atoms with E-state index in [0.29, 0.717) is 35.8 Å². The van der Waals surface area contributed by atoms with Crippen molar-refractivity contribution in [3.8, 4) is 0 Å². The van der Waals surface area contributed by atoms with Crippen LogP contribution in [0.15, 0.2) is 55.1 Å². The normalized spacial score (nSPS) is 17.9. The van der Waals surface area contributed by atoms with Crippen LogP contribution < -0.4 is 4.90 Å². The Labute approximate surface area is 191 Å². The van der Waals surface area contributed by atoms with E-state index in [1.165, 1.54) is 16.2 Å². The summed E-state index contributed by atoms with van der Waals surface area (Å²) in [7, 11) is 0. The van der Waals surface area contributed by atoms with Crippen LogP contribution in [0.2, 0.25) is 0 Å². The number of amides is 3. The highest BCUT2D eigenvalue weighted by molar-refractivity contribution is 7.09. The number of anilines is 1. The fourth-order valence-corrected chi connectivity index (χ4v) is 5.02. The molecule has 4 rings (SSSR count). The van der Waals surface area contributed by atoms with Crippen LogP contribution in [0.25, 0.3) is 0 Å². The van der Waals surface area contributed by atoms with Crippen LogP contribution in [0, 0.1) is 5.92 Å². The van der Waals surface area contributed by atoms with Crippen molar-refractivity contribution in [3.63, 3.8) is 0 Å². The average molecular weight is 451 g/mol. The molecule has 32 heavy (non-hydrogen) atoms. The van der Waals surface area contributed by atoms with E-state index >= 15 is 0 Å². The summed E-state index contributed by atoms with van der Waals surface area (Å²) in [6, 6.07) is 5.37. The zero-order valence-electron chi connectivity index (χ0n) is 17.9. The topological polar surface area (TPSA) is 73.8 Å². The maximum absolute atomic E-state index is 13.2. The fourth-order valence-electron chi connectivity index (χ4n) is 4.41. The molecule has 3 amide bonds. The monoisotopic (exact) mass is 450 g/mol. The molecule has 1 atom stereocenters. The molecule has 0 saturated carbocycles. The molecule has 0 bridgehead atoms. The number of nitrogens with zero attached hydrogens (tertiary/aromatic N) is 4. The maximum Gasteiger partial charge on any atom is 0.264 e. The molecule has 1 aromatic carbocycles. The van der Waals surface area contributed by atoms with Crippen molar-refractivity contribution >= 4 is 34.7 Å². The van der Waals surface area contributed by atoms with Crippen LogP contribution in [0.4, 0.5) is 5.69 Å². The second kappa shape index (κ2) is 9.48. The van der Waals surface area contributed by atoms with Crippen molar-refractivity contribution in [2.45, 2.75) is 19.4 Å². The molecule has 2 aliphatic rings. The summed E-state index contributed by atoms with van der Waals surface area (Å²) < 4.78 is 0. The van der Waals surface area contributed by atoms with Crippen molar-refractivity contribution in [1.29, 1.82) is 0 Å². The molecule has 0 aliphatic carbocycles. The molecule has 8 heteroatoms. The average Bonchev–Trinajstić information content (AvgIpc) is 3.41. The molecule has 3 heterocycles. The highest BCUT2D eigenvalue weighted by atomic mass is 32.1. The zero-order valence-corrected chi connectivity index (χ0v) is 18.7. The van der Waals surface area contributed by atoms with E-state index < -0.39 is 0 Å². The molecule has 0 N–H and O–H groups in total. The van der Waals surface area contributed by atoms with Crippen LogP contribution >= 0.6 is 11.3 Å². The molecular formula is C24H26N4O3S. The van der Waals surface area contributed by atoms with Gasteiger partial charge in [-0.2, -0.15) is 0 Å². The zero-order chi connectivity index (χ0) is 22.7. The van der Waals surface area contributed by atoms with Crippen LogP contribution in [-0.4, -0.2) is 58.7 Å². The van der Waals surface area contributed by atoms with E-state index in [1.54, 1.807) is 35.4 Å². The Morgan fingerprint density at radius 2 is 2.00 bits per heavy atom. The van der Waals surface area contributed by atoms with Gasteiger partial charge >= 0.3 is 0 Å². The van der Waals surface area contributed by atoms with Gasteiger partial charge in [-0.3, -0.25) is 19.3 Å². The van der Waals surface area contributed by atoms with Gasteiger partial charge in [0.15, 0.2) is 0 Å². The number of benzene rings is 1. The Kier molecular flexibility index (Phi) is 6.50. The van der Waals surface area contributed by atoms with Gasteiger partial charge in [0.25, 0.3) is 11.8 Å². The summed E-state index contributed by atoms with van der Waals surface area (Å²) in [5.41, 5.74) is 1.56. The maximum atomic E-state index is 13.2. The molecule has 2 aromatic rings. The van der Waals surface area contributed by atoms with Crippen LogP contribution in [0.3, 0.4) is 0 Å². The SMILES string of the molecule is C=CCN(CC=C)C(=O)[C@@H]1CCCN(c2cccc3c2C(=O)N(Cc2nccs2)C3=O)C1. The van der Waals surface area contributed by atoms with Crippen molar-refractivity contribution in [3.05, 3.63) is 71.2 Å². The first kappa shape index (κ1) is 22.0. The first-order valence-electron chi connectivity index (χ1n) is 10.7. The number of hydrogen-bond donors (Lipinski definition) is 0. The minimum absolute atomic E-state index is 0.0647. The van der Waals surface area contributed by atoms with Crippen LogP contribution in [0.1, 0.15) is 38.6 Å². The first-order chi connectivity index (χ1) is 15.5. The molecule has 1 saturated heterocycles. The number of hydrogen-bond acceptors (Lipinski definition) is 6. The Balaban J connectivity index is 1.57. The highest BCUT2D eigenvalue weighted by Crippen LogP contribution is 2.35. The highest BCUT2D eigenvalue weighted by Gasteiger charge is 2.40. The fraction of sp³-hybridized carbons (Fsp3) is 0.333. The lowest BCUT2D eigenvalue weighted by atomic mass is 9.94. The van der Waals surface area contributed by atoms with Crippen molar-refractivity contribution < 1.29 is 14.4 Å². The summed E-state index contributed by atoms with van der Waals surface area (Å²) in [5.74, 6) is -0.716. The number of imide groups is 1. The summed E-state index contributed by atoms with van der Waals surface area (Å²) in [6.07, 6.45) is 6.72. The second-order valence-electron chi connectivity index (χ2n) is 7.93. The summed E-state index contributed by atoms with van der Waals surface area (Å²) in [6.45, 7) is 9.85. The number of thiazole rings is 1. The van der Waals surface area contributed by atoms with Gasteiger partial charge in [0.2, 0.25) is 5.91 Å². The second-order valence-corrected chi connectivity index (χ2v) is 8.91. The summed E-state index contributed by atoms with van der Waals surface area (Å²) in [5, 5.41) is 2.54. The Morgan fingerprint density at radius 3 is 2.69 bits per heavy atom. The van der Waals surface area contributed by atoms with Gasteiger partial charge in [-0.05, 0) is 25.0 Å². The smallest absolute Gasteiger partial charge is 0.264 e. The van der Waals surface area contributed by atoms with E-state index in [1.807, 2.05) is 11.4 Å². The minimum atomic E-state index is -0.302. The Hall–Kier alpha value is -3.26. The quantitative estimate of drug-likeness (QED) is 0.456. The number of piperidine rings is 1. The van der Waals surface area contributed by atoms with E-state index in [9.17, 15) is 14.4 Å². The molecule has 0 unspecified atom stereocenters. The van der Waals surface area contributed by atoms with E-state index in [4.69, 9.17) is 0 Å². The van der Waals surface area contributed by atoms with Crippen LogP contribution in [-0.2, 0) is 11.3 Å². The van der Waals surface area contributed by atoms with Gasteiger partial charge in [0, 0.05) is 37.8 Å². The summed E-state index contributed by atoms with van der Waals surface area (Å²) in [4.78, 5) is 48.6. The molecule has 0 spiro atoms. The van der Waals surface area contributed by atoms with Gasteiger partial charge < -0.3 is 9.80 Å². The first-order valence-corrected chi connectivity index (χ1v) is 11.6. The van der Waals surface area contributed by atoms with E-state index in [-0.39, 0.29) is 30.2 Å². The molecule has 2 aliphatic heterocycles. The van der Waals surface area contributed by atoms with Crippen molar-refractivity contribution in [1.82, 2.24) is 14.8 Å². The molecule has 166 valence electrons. The lowest BCUT2D eigenvalue weighted by molar-refractivity contribution is -0.134. The Bertz CT molecular complexity index is 1040. The predicted octanol–water partition coefficient (Wildman–Crippen LogP) is 3.36. The molecular weight excluding hydrogens is 424 g/mol. The Morgan fingerprint density at radius 1 is 1.22 bits per heavy atom. The molecule has 0 radical (unpaired) electrons. The predicted molar refractivity (Wildman–Crippen MR) is 125 cm³/mol. The summed E-state index contributed by atoms with van der Waals surface area (Å²) >= 11 is 1.42. The van der Waals surface area contributed by atoms with Gasteiger partial charge in [-0.1, -0.05) is 18.2 Å². The van der Waals surface area contributed by atoms with E-state index in [2.05, 4.69) is 23.0 Å². The van der Waals surface area contributed by atoms with Crippen molar-refractivity contribution in [2.24, 2.45) is 5.92 Å². The molecule has 1 aromatic heterocycles. The third kappa shape index (κ3) is 4.10. The van der Waals surface area contributed by atoms with Gasteiger partial charge in [0.1, 0.15) is 5.01 Å². The number of rotatable bonds is 8. The minimum Gasteiger partial charge on any atom is -0.370 e. The number of fused-ring (bicyclic) bond motifs is 1. The van der Waals surface area contributed by atoms with Gasteiger partial charge in [-0.15, -0.1) is 24.5 Å².